The minimum Gasteiger partial charge on any atom is -0.444 e. The quantitative estimate of drug-likeness (QED) is 0.153. The average molecular weight is 643 g/mol. The molecule has 0 saturated carbocycles. The summed E-state index contributed by atoms with van der Waals surface area (Å²) in [7, 11) is 0. The van der Waals surface area contributed by atoms with Gasteiger partial charge >= 0.3 is 6.09 Å². The predicted octanol–water partition coefficient (Wildman–Crippen LogP) is 6.42. The molecule has 4 aromatic rings. The van der Waals surface area contributed by atoms with Crippen molar-refractivity contribution in [3.63, 3.8) is 0 Å². The van der Waals surface area contributed by atoms with Gasteiger partial charge in [-0.3, -0.25) is 4.79 Å². The second-order valence-electron chi connectivity index (χ2n) is 12.3. The first kappa shape index (κ1) is 32.5. The Morgan fingerprint density at radius 1 is 1.20 bits per heavy atom. The second-order valence-corrected chi connectivity index (χ2v) is 13.2. The third-order valence-electron chi connectivity index (χ3n) is 7.35. The van der Waals surface area contributed by atoms with Gasteiger partial charge < -0.3 is 19.4 Å². The highest BCUT2D eigenvalue weighted by atomic mass is 32.1. The van der Waals surface area contributed by atoms with Crippen LogP contribution < -0.4 is 10.3 Å². The highest BCUT2D eigenvalue weighted by Gasteiger charge is 2.37. The fourth-order valence-electron chi connectivity index (χ4n) is 5.30. The number of hydrogen-bond acceptors (Lipinski definition) is 11. The molecular weight excluding hydrogens is 604 g/mol. The standard InChI is InChI=1S/C33H38N8O4S/c1-8-41(34-7)26-18-23(29(42)40-16-12-15-25(40)28-35-21(2)20-46-28)17-24(36-26)27-38-39-30(44-27)33(6,19-22-13-10-9-11-14-22)37-31(43)45-32(3,4)5/h8-11,13-14,17-18,20,25H,1,7,12,15-16,19H2,2-6H3,(H,37,43)/t25-,33-/m1/s1. The molecule has 12 nitrogen and oxygen atoms in total. The van der Waals surface area contributed by atoms with Crippen molar-refractivity contribution in [2.75, 3.05) is 11.6 Å². The molecule has 240 valence electrons. The average Bonchev–Trinajstić information content (AvgIpc) is 3.78. The number of nitrogens with one attached hydrogen (secondary N) is 1. The number of carbonyl (C=O) groups is 2. The molecule has 0 aliphatic carbocycles. The largest absolute Gasteiger partial charge is 0.444 e. The van der Waals surface area contributed by atoms with Crippen LogP contribution in [0.15, 0.2) is 70.1 Å². The van der Waals surface area contributed by atoms with Crippen LogP contribution in [0.3, 0.4) is 0 Å². The Labute approximate surface area is 272 Å². The number of aromatic nitrogens is 4. The van der Waals surface area contributed by atoms with E-state index in [2.05, 4.69) is 43.9 Å². The monoisotopic (exact) mass is 642 g/mol. The van der Waals surface area contributed by atoms with Crippen LogP contribution in [0.2, 0.25) is 0 Å². The Kier molecular flexibility index (Phi) is 9.33. The number of aryl methyl sites for hydroxylation is 1. The number of carbonyl (C=O) groups excluding carboxylic acids is 2. The van der Waals surface area contributed by atoms with Gasteiger partial charge in [-0.15, -0.1) is 21.5 Å². The summed E-state index contributed by atoms with van der Waals surface area (Å²) in [5.41, 5.74) is 0.607. The number of ether oxygens (including phenoxy) is 1. The summed E-state index contributed by atoms with van der Waals surface area (Å²) in [6.45, 7) is 17.1. The lowest BCUT2D eigenvalue weighted by atomic mass is 9.92. The van der Waals surface area contributed by atoms with Gasteiger partial charge in [0.05, 0.1) is 6.04 Å². The fourth-order valence-corrected chi connectivity index (χ4v) is 6.25. The van der Waals surface area contributed by atoms with E-state index >= 15 is 0 Å². The number of alkyl carbamates (subject to hydrolysis) is 1. The summed E-state index contributed by atoms with van der Waals surface area (Å²) >= 11 is 1.56. The fraction of sp³-hybridized carbons (Fsp3) is 0.364. The molecule has 1 aliphatic heterocycles. The van der Waals surface area contributed by atoms with Crippen LogP contribution in [0, 0.1) is 6.92 Å². The lowest BCUT2D eigenvalue weighted by molar-refractivity contribution is 0.0443. The van der Waals surface area contributed by atoms with Gasteiger partial charge in [0.2, 0.25) is 5.89 Å². The minimum atomic E-state index is -1.14. The third-order valence-corrected chi connectivity index (χ3v) is 8.41. The molecule has 46 heavy (non-hydrogen) atoms. The molecule has 2 amide bonds. The number of amides is 2. The number of likely N-dealkylation sites (tertiary alicyclic amines) is 1. The van der Waals surface area contributed by atoms with E-state index in [4.69, 9.17) is 9.15 Å². The minimum absolute atomic E-state index is 0.0535. The Balaban J connectivity index is 1.52. The van der Waals surface area contributed by atoms with E-state index in [1.54, 1.807) is 51.2 Å². The first-order valence-electron chi connectivity index (χ1n) is 14.9. The van der Waals surface area contributed by atoms with Crippen LogP contribution in [0.5, 0.6) is 0 Å². The zero-order valence-electron chi connectivity index (χ0n) is 26.7. The highest BCUT2D eigenvalue weighted by molar-refractivity contribution is 7.09. The van der Waals surface area contributed by atoms with E-state index in [9.17, 15) is 9.59 Å². The molecule has 0 spiro atoms. The number of hydrazone groups is 1. The number of nitrogens with zero attached hydrogens (tertiary/aromatic N) is 7. The van der Waals surface area contributed by atoms with Crippen LogP contribution in [0.4, 0.5) is 10.6 Å². The first-order chi connectivity index (χ1) is 21.9. The van der Waals surface area contributed by atoms with Gasteiger partial charge in [0.1, 0.15) is 21.8 Å². The number of rotatable bonds is 10. The maximum atomic E-state index is 14.0. The molecule has 0 unspecified atom stereocenters. The van der Waals surface area contributed by atoms with Crippen molar-refractivity contribution in [2.24, 2.45) is 5.10 Å². The summed E-state index contributed by atoms with van der Waals surface area (Å²) in [4.78, 5) is 38.1. The topological polar surface area (TPSA) is 139 Å². The van der Waals surface area contributed by atoms with Crippen LogP contribution in [0.25, 0.3) is 11.6 Å². The van der Waals surface area contributed by atoms with Crippen LogP contribution in [-0.2, 0) is 16.7 Å². The normalized spacial score (nSPS) is 16.0. The molecule has 4 heterocycles. The molecule has 1 saturated heterocycles. The first-order valence-corrected chi connectivity index (χ1v) is 15.8. The van der Waals surface area contributed by atoms with Crippen molar-refractivity contribution in [2.45, 2.75) is 71.1 Å². The predicted molar refractivity (Wildman–Crippen MR) is 176 cm³/mol. The van der Waals surface area contributed by atoms with E-state index < -0.39 is 17.2 Å². The Morgan fingerprint density at radius 2 is 1.96 bits per heavy atom. The maximum Gasteiger partial charge on any atom is 0.408 e. The van der Waals surface area contributed by atoms with Crippen molar-refractivity contribution >= 4 is 35.9 Å². The van der Waals surface area contributed by atoms with Crippen molar-refractivity contribution in [3.8, 4) is 11.6 Å². The Bertz CT molecular complexity index is 1720. The molecule has 1 aromatic carbocycles. The van der Waals surface area contributed by atoms with Gasteiger partial charge in [0, 0.05) is 42.5 Å². The Morgan fingerprint density at radius 3 is 2.61 bits per heavy atom. The molecule has 0 bridgehead atoms. The Hall–Kier alpha value is -4.91. The number of pyridine rings is 1. The molecule has 3 aromatic heterocycles. The molecule has 0 radical (unpaired) electrons. The van der Waals surface area contributed by atoms with Gasteiger partial charge in [-0.2, -0.15) is 5.10 Å². The van der Waals surface area contributed by atoms with E-state index in [1.165, 1.54) is 11.2 Å². The van der Waals surface area contributed by atoms with Crippen molar-refractivity contribution in [3.05, 3.63) is 88.3 Å². The van der Waals surface area contributed by atoms with E-state index in [0.29, 0.717) is 24.3 Å². The lowest BCUT2D eigenvalue weighted by Gasteiger charge is -2.29. The zero-order chi connectivity index (χ0) is 33.1. The summed E-state index contributed by atoms with van der Waals surface area (Å²) < 4.78 is 11.8. The molecule has 13 heteroatoms. The van der Waals surface area contributed by atoms with Crippen LogP contribution in [-0.4, -0.2) is 55.9 Å². The van der Waals surface area contributed by atoms with Gasteiger partial charge in [0.15, 0.2) is 5.82 Å². The second kappa shape index (κ2) is 13.2. The smallest absolute Gasteiger partial charge is 0.408 e. The van der Waals surface area contributed by atoms with Gasteiger partial charge in [-0.05, 0) is 65.2 Å². The highest BCUT2D eigenvalue weighted by Crippen LogP contribution is 2.36. The van der Waals surface area contributed by atoms with Gasteiger partial charge in [-0.1, -0.05) is 36.9 Å². The summed E-state index contributed by atoms with van der Waals surface area (Å²) in [5, 5.41) is 19.8. The van der Waals surface area contributed by atoms with Crippen LogP contribution >= 0.6 is 11.3 Å². The van der Waals surface area contributed by atoms with Crippen LogP contribution in [0.1, 0.15) is 79.1 Å². The molecular formula is C33H38N8O4S. The van der Waals surface area contributed by atoms with E-state index in [0.717, 1.165) is 29.1 Å². The van der Waals surface area contributed by atoms with Gasteiger partial charge in [0.25, 0.3) is 11.8 Å². The van der Waals surface area contributed by atoms with Gasteiger partial charge in [-0.25, -0.2) is 19.8 Å². The number of anilines is 1. The third kappa shape index (κ3) is 7.31. The molecule has 5 rings (SSSR count). The molecule has 1 N–H and O–H groups in total. The van der Waals surface area contributed by atoms with E-state index in [-0.39, 0.29) is 29.4 Å². The number of thiazole rings is 1. The molecule has 1 aliphatic rings. The number of benzene rings is 1. The zero-order valence-corrected chi connectivity index (χ0v) is 27.5. The maximum absolute atomic E-state index is 14.0. The van der Waals surface area contributed by atoms with Crippen molar-refractivity contribution in [1.82, 2.24) is 30.4 Å². The molecule has 1 fully saturated rings. The van der Waals surface area contributed by atoms with Crippen molar-refractivity contribution < 1.29 is 18.7 Å². The SMILES string of the molecule is C=CN(N=C)c1cc(C(=O)N2CCC[C@@H]2c2nc(C)cs2)cc(-c2nnc([C@@](C)(Cc3ccccc3)NC(=O)OC(C)(C)C)o2)n1. The van der Waals surface area contributed by atoms with Crippen molar-refractivity contribution in [1.29, 1.82) is 0 Å². The number of hydrogen-bond donors (Lipinski definition) is 1. The van der Waals surface area contributed by atoms with E-state index in [1.807, 2.05) is 47.5 Å². The molecule has 2 atom stereocenters. The summed E-state index contributed by atoms with van der Waals surface area (Å²) in [6, 6.07) is 12.8. The summed E-state index contributed by atoms with van der Waals surface area (Å²) in [5.74, 6) is 0.301. The summed E-state index contributed by atoms with van der Waals surface area (Å²) in [6.07, 6.45) is 2.83. The lowest BCUT2D eigenvalue weighted by Crippen LogP contribution is -2.47.